The van der Waals surface area contributed by atoms with E-state index >= 15 is 0 Å². The average Bonchev–Trinajstić information content (AvgIpc) is 3.22. The lowest BCUT2D eigenvalue weighted by molar-refractivity contribution is -0.151. The lowest BCUT2D eigenvalue weighted by atomic mass is 9.73. The van der Waals surface area contributed by atoms with Gasteiger partial charge in [-0.15, -0.1) is 11.3 Å². The minimum absolute atomic E-state index is 0.0929. The fourth-order valence-corrected chi connectivity index (χ4v) is 4.39. The number of carbonyl (C=O) groups is 1. The van der Waals surface area contributed by atoms with Crippen LogP contribution in [-0.4, -0.2) is 47.8 Å². The van der Waals surface area contributed by atoms with Gasteiger partial charge in [0, 0.05) is 42.2 Å². The van der Waals surface area contributed by atoms with Crippen molar-refractivity contribution in [2.45, 2.75) is 12.5 Å². The molecule has 2 aliphatic heterocycles. The Balaban J connectivity index is 1.68. The third-order valence-electron chi connectivity index (χ3n) is 4.96. The average molecular weight is 346 g/mol. The van der Waals surface area contributed by atoms with Crippen LogP contribution in [-0.2, 0) is 11.3 Å². The molecule has 0 spiro atoms. The normalized spacial score (nSPS) is 25.6. The molecule has 6 nitrogen and oxygen atoms in total. The fraction of sp³-hybridized carbons (Fsp3) is 0.412. The Morgan fingerprint density at radius 1 is 1.58 bits per heavy atom. The molecule has 0 radical (unpaired) electrons. The number of benzene rings is 1. The van der Waals surface area contributed by atoms with Crippen molar-refractivity contribution in [3.8, 4) is 11.5 Å². The maximum atomic E-state index is 12.1. The van der Waals surface area contributed by atoms with Crippen molar-refractivity contribution >= 4 is 17.3 Å². The monoisotopic (exact) mass is 346 g/mol. The molecule has 0 saturated carbocycles. The van der Waals surface area contributed by atoms with Crippen molar-refractivity contribution < 1.29 is 19.4 Å². The topological polar surface area (TPSA) is 71.9 Å². The zero-order valence-corrected chi connectivity index (χ0v) is 14.1. The first kappa shape index (κ1) is 15.4. The second kappa shape index (κ2) is 5.75. The van der Waals surface area contributed by atoms with E-state index < -0.39 is 11.4 Å². The highest BCUT2D eigenvalue weighted by atomic mass is 32.1. The van der Waals surface area contributed by atoms with Crippen LogP contribution in [0.15, 0.2) is 29.8 Å². The molecule has 1 aromatic heterocycles. The van der Waals surface area contributed by atoms with Crippen molar-refractivity contribution in [3.05, 3.63) is 40.3 Å². The number of thiazole rings is 1. The minimum Gasteiger partial charge on any atom is -0.497 e. The number of rotatable bonds is 4. The van der Waals surface area contributed by atoms with Gasteiger partial charge in [0.25, 0.3) is 0 Å². The van der Waals surface area contributed by atoms with E-state index in [1.165, 1.54) is 0 Å². The number of hydrogen-bond donors (Lipinski definition) is 1. The fourth-order valence-electron chi connectivity index (χ4n) is 3.73. The van der Waals surface area contributed by atoms with E-state index in [-0.39, 0.29) is 12.5 Å². The van der Waals surface area contributed by atoms with Crippen LogP contribution in [0.3, 0.4) is 0 Å². The predicted molar refractivity (Wildman–Crippen MR) is 88.7 cm³/mol. The number of hydrogen-bond acceptors (Lipinski definition) is 6. The lowest BCUT2D eigenvalue weighted by Crippen LogP contribution is -2.45. The highest BCUT2D eigenvalue weighted by molar-refractivity contribution is 7.09. The Hall–Kier alpha value is -2.12. The molecule has 0 bridgehead atoms. The Labute approximate surface area is 143 Å². The summed E-state index contributed by atoms with van der Waals surface area (Å²) >= 11 is 1.59. The van der Waals surface area contributed by atoms with E-state index in [1.54, 1.807) is 24.6 Å². The molecule has 126 valence electrons. The van der Waals surface area contributed by atoms with E-state index in [0.29, 0.717) is 25.4 Å². The summed E-state index contributed by atoms with van der Waals surface area (Å²) in [5, 5.41) is 12.9. The number of fused-ring (bicyclic) bond motifs is 3. The number of carboxylic acids is 1. The van der Waals surface area contributed by atoms with Gasteiger partial charge in [0.2, 0.25) is 0 Å². The van der Waals surface area contributed by atoms with Gasteiger partial charge in [0.15, 0.2) is 0 Å². The molecule has 1 aromatic carbocycles. The SMILES string of the molecule is COc1ccc2c(c1)OC[C@]1(C(=O)O)CN(Cc3nccs3)C[C@H]21. The number of carboxylic acid groups (broad SMARTS) is 1. The van der Waals surface area contributed by atoms with Gasteiger partial charge in [-0.25, -0.2) is 4.98 Å². The molecule has 1 N–H and O–H groups in total. The zero-order chi connectivity index (χ0) is 16.7. The van der Waals surface area contributed by atoms with Crippen molar-refractivity contribution in [3.63, 3.8) is 0 Å². The summed E-state index contributed by atoms with van der Waals surface area (Å²) in [4.78, 5) is 18.6. The van der Waals surface area contributed by atoms with Gasteiger partial charge in [-0.3, -0.25) is 9.69 Å². The van der Waals surface area contributed by atoms with Gasteiger partial charge < -0.3 is 14.6 Å². The van der Waals surface area contributed by atoms with Crippen LogP contribution < -0.4 is 9.47 Å². The highest BCUT2D eigenvalue weighted by Gasteiger charge is 2.56. The van der Waals surface area contributed by atoms with E-state index in [1.807, 2.05) is 23.6 Å². The summed E-state index contributed by atoms with van der Waals surface area (Å²) in [6.07, 6.45) is 1.78. The van der Waals surface area contributed by atoms with Gasteiger partial charge in [0.05, 0.1) is 13.7 Å². The zero-order valence-electron chi connectivity index (χ0n) is 13.3. The number of methoxy groups -OCH3 is 1. The molecule has 0 amide bonds. The van der Waals surface area contributed by atoms with Gasteiger partial charge in [-0.1, -0.05) is 6.07 Å². The summed E-state index contributed by atoms with van der Waals surface area (Å²) < 4.78 is 11.1. The molecular formula is C17H18N2O4S. The Morgan fingerprint density at radius 3 is 3.17 bits per heavy atom. The Morgan fingerprint density at radius 2 is 2.46 bits per heavy atom. The first-order chi connectivity index (χ1) is 11.6. The van der Waals surface area contributed by atoms with Crippen LogP contribution in [0.5, 0.6) is 11.5 Å². The molecule has 0 unspecified atom stereocenters. The summed E-state index contributed by atoms with van der Waals surface area (Å²) in [5.74, 6) is 0.557. The number of aliphatic carboxylic acids is 1. The van der Waals surface area contributed by atoms with Gasteiger partial charge in [-0.2, -0.15) is 0 Å². The number of ether oxygens (including phenoxy) is 2. The quantitative estimate of drug-likeness (QED) is 0.915. The second-order valence-corrected chi connectivity index (χ2v) is 7.28. The molecule has 2 aromatic rings. The molecule has 2 aliphatic rings. The van der Waals surface area contributed by atoms with Gasteiger partial charge >= 0.3 is 5.97 Å². The van der Waals surface area contributed by atoms with E-state index in [9.17, 15) is 9.90 Å². The smallest absolute Gasteiger partial charge is 0.315 e. The minimum atomic E-state index is -0.904. The molecule has 2 atom stereocenters. The highest BCUT2D eigenvalue weighted by Crippen LogP contribution is 2.50. The van der Waals surface area contributed by atoms with Crippen molar-refractivity contribution in [1.82, 2.24) is 9.88 Å². The maximum Gasteiger partial charge on any atom is 0.315 e. The van der Waals surface area contributed by atoms with Crippen molar-refractivity contribution in [1.29, 1.82) is 0 Å². The maximum absolute atomic E-state index is 12.1. The molecule has 7 heteroatoms. The first-order valence-corrected chi connectivity index (χ1v) is 8.65. The predicted octanol–water partition coefficient (Wildman–Crippen LogP) is 2.21. The van der Waals surface area contributed by atoms with Gasteiger partial charge in [-0.05, 0) is 6.07 Å². The number of nitrogens with zero attached hydrogens (tertiary/aromatic N) is 2. The molecule has 3 heterocycles. The number of likely N-dealkylation sites (tertiary alicyclic amines) is 1. The Bertz CT molecular complexity index is 764. The van der Waals surface area contributed by atoms with Crippen molar-refractivity contribution in [2.75, 3.05) is 26.8 Å². The third-order valence-corrected chi connectivity index (χ3v) is 5.73. The van der Waals surface area contributed by atoms with E-state index in [0.717, 1.165) is 16.3 Å². The van der Waals surface area contributed by atoms with Crippen molar-refractivity contribution in [2.24, 2.45) is 5.41 Å². The largest absolute Gasteiger partial charge is 0.497 e. The van der Waals surface area contributed by atoms with Crippen LogP contribution >= 0.6 is 11.3 Å². The molecule has 24 heavy (non-hydrogen) atoms. The lowest BCUT2D eigenvalue weighted by Gasteiger charge is -2.36. The van der Waals surface area contributed by atoms with Crippen LogP contribution in [0.1, 0.15) is 16.5 Å². The van der Waals surface area contributed by atoms with Crippen LogP contribution in [0.2, 0.25) is 0 Å². The van der Waals surface area contributed by atoms with Gasteiger partial charge in [0.1, 0.15) is 28.5 Å². The first-order valence-electron chi connectivity index (χ1n) is 7.77. The molecular weight excluding hydrogens is 328 g/mol. The summed E-state index contributed by atoms with van der Waals surface area (Å²) in [7, 11) is 1.61. The molecule has 4 rings (SSSR count). The Kier molecular flexibility index (Phi) is 3.69. The third kappa shape index (κ3) is 2.35. The van der Waals surface area contributed by atoms with Crippen LogP contribution in [0, 0.1) is 5.41 Å². The van der Waals surface area contributed by atoms with E-state index in [4.69, 9.17) is 9.47 Å². The van der Waals surface area contributed by atoms with Crippen LogP contribution in [0.4, 0.5) is 0 Å². The molecule has 1 saturated heterocycles. The molecule has 0 aliphatic carbocycles. The van der Waals surface area contributed by atoms with E-state index in [2.05, 4.69) is 9.88 Å². The summed E-state index contributed by atoms with van der Waals surface area (Å²) in [6.45, 7) is 2.02. The molecule has 1 fully saturated rings. The number of aromatic nitrogens is 1. The summed E-state index contributed by atoms with van der Waals surface area (Å²) in [5.41, 5.74) is 0.0462. The second-order valence-electron chi connectivity index (χ2n) is 6.30. The standard InChI is InChI=1S/C17H18N2O4S/c1-22-11-2-3-12-13-7-19(8-15-18-4-5-24-15)9-17(13,16(20)21)10-23-14(12)6-11/h2-6,13H,7-10H2,1H3,(H,20,21)/t13-,17-/m1/s1. The summed E-state index contributed by atoms with van der Waals surface area (Å²) in [6, 6.07) is 5.64. The van der Waals surface area contributed by atoms with Crippen LogP contribution in [0.25, 0.3) is 0 Å².